The van der Waals surface area contributed by atoms with E-state index in [1.807, 2.05) is 12.1 Å². The molecule has 0 atom stereocenters. The molecule has 35 heavy (non-hydrogen) atoms. The summed E-state index contributed by atoms with van der Waals surface area (Å²) in [6.07, 6.45) is 1.22. The third-order valence-corrected chi connectivity index (χ3v) is 5.25. The molecule has 1 heterocycles. The average Bonchev–Trinajstić information content (AvgIpc) is 2.87. The maximum absolute atomic E-state index is 13.7. The Hall–Kier alpha value is -3.98. The fraction of sp³-hybridized carbons (Fsp3) is 0.200. The Morgan fingerprint density at radius 3 is 2.46 bits per heavy atom. The van der Waals surface area contributed by atoms with Gasteiger partial charge in [0.1, 0.15) is 23.9 Å². The predicted molar refractivity (Wildman–Crippen MR) is 131 cm³/mol. The van der Waals surface area contributed by atoms with Crippen molar-refractivity contribution in [2.75, 3.05) is 23.9 Å². The van der Waals surface area contributed by atoms with Crippen LogP contribution < -0.4 is 20.3 Å². The Kier molecular flexibility index (Phi) is 9.14. The molecule has 0 aliphatic carbocycles. The minimum atomic E-state index is -0.651. The standard InChI is InChI=1S/C25H24ClFN4O4/c1-35-19-8-5-17(6-9-19)15-29-24(33)16-31(18-7-10-21(27)20(26)14-18)25(34)12-11-23(32)30-22-4-2-3-13-28-22/h2-10,13-14H,11-12,15-16H2,1H3,(H,29,33)(H,28,30,32). The monoisotopic (exact) mass is 498 g/mol. The van der Waals surface area contributed by atoms with Gasteiger partial charge < -0.3 is 20.3 Å². The smallest absolute Gasteiger partial charge is 0.240 e. The van der Waals surface area contributed by atoms with Gasteiger partial charge in [-0.15, -0.1) is 0 Å². The van der Waals surface area contributed by atoms with E-state index < -0.39 is 23.5 Å². The third kappa shape index (κ3) is 7.79. The van der Waals surface area contributed by atoms with Crippen molar-refractivity contribution < 1.29 is 23.5 Å². The predicted octanol–water partition coefficient (Wildman–Crippen LogP) is 3.95. The Morgan fingerprint density at radius 2 is 1.80 bits per heavy atom. The van der Waals surface area contributed by atoms with Crippen LogP contribution in [0.15, 0.2) is 66.9 Å². The Labute approximate surface area is 207 Å². The second-order valence-electron chi connectivity index (χ2n) is 7.47. The summed E-state index contributed by atoms with van der Waals surface area (Å²) in [5.74, 6) is -0.933. The minimum Gasteiger partial charge on any atom is -0.497 e. The summed E-state index contributed by atoms with van der Waals surface area (Å²) in [6, 6.07) is 15.9. The van der Waals surface area contributed by atoms with Gasteiger partial charge in [-0.3, -0.25) is 14.4 Å². The second-order valence-corrected chi connectivity index (χ2v) is 7.87. The first-order chi connectivity index (χ1) is 16.9. The fourth-order valence-corrected chi connectivity index (χ4v) is 3.29. The summed E-state index contributed by atoms with van der Waals surface area (Å²) in [6.45, 7) is -0.0969. The summed E-state index contributed by atoms with van der Waals surface area (Å²) in [4.78, 5) is 43.0. The molecule has 3 aromatic rings. The molecule has 0 unspecified atom stereocenters. The number of benzene rings is 2. The van der Waals surface area contributed by atoms with Crippen LogP contribution in [0.25, 0.3) is 0 Å². The highest BCUT2D eigenvalue weighted by atomic mass is 35.5. The quantitative estimate of drug-likeness (QED) is 0.441. The third-order valence-electron chi connectivity index (χ3n) is 4.96. The fourth-order valence-electron chi connectivity index (χ4n) is 3.12. The highest BCUT2D eigenvalue weighted by Crippen LogP contribution is 2.23. The number of amides is 3. The summed E-state index contributed by atoms with van der Waals surface area (Å²) < 4.78 is 18.8. The molecule has 0 aliphatic heterocycles. The highest BCUT2D eigenvalue weighted by molar-refractivity contribution is 6.31. The lowest BCUT2D eigenvalue weighted by atomic mass is 10.2. The van der Waals surface area contributed by atoms with Crippen molar-refractivity contribution in [3.63, 3.8) is 0 Å². The van der Waals surface area contributed by atoms with Crippen LogP contribution in [0.1, 0.15) is 18.4 Å². The number of carbonyl (C=O) groups excluding carboxylic acids is 3. The maximum Gasteiger partial charge on any atom is 0.240 e. The molecule has 1 aromatic heterocycles. The SMILES string of the molecule is COc1ccc(CNC(=O)CN(C(=O)CCC(=O)Nc2ccccn2)c2ccc(F)c(Cl)c2)cc1. The number of hydrogen-bond donors (Lipinski definition) is 2. The van der Waals surface area contributed by atoms with Crippen LogP contribution in [-0.4, -0.2) is 36.4 Å². The van der Waals surface area contributed by atoms with E-state index in [1.54, 1.807) is 37.4 Å². The summed E-state index contributed by atoms with van der Waals surface area (Å²) in [5, 5.41) is 5.16. The molecule has 2 aromatic carbocycles. The largest absolute Gasteiger partial charge is 0.497 e. The van der Waals surface area contributed by atoms with E-state index in [9.17, 15) is 18.8 Å². The molecule has 0 aliphatic rings. The number of nitrogens with zero attached hydrogens (tertiary/aromatic N) is 2. The number of rotatable bonds is 10. The van der Waals surface area contributed by atoms with E-state index in [0.717, 1.165) is 11.6 Å². The lowest BCUT2D eigenvalue weighted by Gasteiger charge is -2.23. The van der Waals surface area contributed by atoms with E-state index in [0.29, 0.717) is 11.6 Å². The number of hydrogen-bond acceptors (Lipinski definition) is 5. The lowest BCUT2D eigenvalue weighted by Crippen LogP contribution is -2.41. The zero-order valence-electron chi connectivity index (χ0n) is 19.0. The van der Waals surface area contributed by atoms with Crippen molar-refractivity contribution in [1.82, 2.24) is 10.3 Å². The Morgan fingerprint density at radius 1 is 1.03 bits per heavy atom. The van der Waals surface area contributed by atoms with Gasteiger partial charge in [0.25, 0.3) is 0 Å². The van der Waals surface area contributed by atoms with Crippen LogP contribution in [-0.2, 0) is 20.9 Å². The van der Waals surface area contributed by atoms with Crippen molar-refractivity contribution >= 4 is 40.8 Å². The molecule has 8 nitrogen and oxygen atoms in total. The van der Waals surface area contributed by atoms with Gasteiger partial charge in [0.2, 0.25) is 17.7 Å². The molecular formula is C25H24ClFN4O4. The number of nitrogens with one attached hydrogen (secondary N) is 2. The van der Waals surface area contributed by atoms with Gasteiger partial charge in [-0.25, -0.2) is 9.37 Å². The van der Waals surface area contributed by atoms with Crippen molar-refractivity contribution in [2.24, 2.45) is 0 Å². The van der Waals surface area contributed by atoms with Gasteiger partial charge in [-0.1, -0.05) is 29.8 Å². The molecule has 10 heteroatoms. The number of halogens is 2. The number of pyridine rings is 1. The number of carbonyl (C=O) groups is 3. The van der Waals surface area contributed by atoms with Gasteiger partial charge in [0.05, 0.1) is 12.1 Å². The molecule has 0 saturated heterocycles. The van der Waals surface area contributed by atoms with Crippen LogP contribution in [0, 0.1) is 5.82 Å². The van der Waals surface area contributed by atoms with Gasteiger partial charge in [0, 0.05) is 31.3 Å². The second kappa shape index (κ2) is 12.5. The van der Waals surface area contributed by atoms with Gasteiger partial charge >= 0.3 is 0 Å². The lowest BCUT2D eigenvalue weighted by molar-refractivity contribution is -0.125. The van der Waals surface area contributed by atoms with Crippen LogP contribution in [0.3, 0.4) is 0 Å². The molecule has 0 saturated carbocycles. The minimum absolute atomic E-state index is 0.131. The van der Waals surface area contributed by atoms with E-state index in [2.05, 4.69) is 15.6 Å². The van der Waals surface area contributed by atoms with Crippen LogP contribution in [0.4, 0.5) is 15.9 Å². The summed E-state index contributed by atoms with van der Waals surface area (Å²) in [7, 11) is 1.56. The molecule has 2 N–H and O–H groups in total. The van der Waals surface area contributed by atoms with Crippen molar-refractivity contribution in [1.29, 1.82) is 0 Å². The normalized spacial score (nSPS) is 10.4. The number of aromatic nitrogens is 1. The number of methoxy groups -OCH3 is 1. The van der Waals surface area contributed by atoms with E-state index >= 15 is 0 Å². The van der Waals surface area contributed by atoms with Gasteiger partial charge in [-0.2, -0.15) is 0 Å². The summed E-state index contributed by atoms with van der Waals surface area (Å²) >= 11 is 5.89. The molecule has 0 radical (unpaired) electrons. The Balaban J connectivity index is 1.64. The zero-order valence-corrected chi connectivity index (χ0v) is 19.7. The Bertz CT molecular complexity index is 1180. The van der Waals surface area contributed by atoms with Gasteiger partial charge in [-0.05, 0) is 48.0 Å². The maximum atomic E-state index is 13.7. The topological polar surface area (TPSA) is 101 Å². The van der Waals surface area contributed by atoms with Crippen molar-refractivity contribution in [2.45, 2.75) is 19.4 Å². The molecule has 3 amide bonds. The first-order valence-corrected chi connectivity index (χ1v) is 11.1. The number of anilines is 2. The molecule has 0 spiro atoms. The van der Waals surface area contributed by atoms with Crippen LogP contribution in [0.2, 0.25) is 5.02 Å². The molecular weight excluding hydrogens is 475 g/mol. The first-order valence-electron chi connectivity index (χ1n) is 10.7. The highest BCUT2D eigenvalue weighted by Gasteiger charge is 2.21. The average molecular weight is 499 g/mol. The van der Waals surface area contributed by atoms with E-state index in [1.165, 1.54) is 23.2 Å². The van der Waals surface area contributed by atoms with Gasteiger partial charge in [0.15, 0.2) is 0 Å². The van der Waals surface area contributed by atoms with Crippen LogP contribution in [0.5, 0.6) is 5.75 Å². The van der Waals surface area contributed by atoms with E-state index in [-0.39, 0.29) is 36.6 Å². The van der Waals surface area contributed by atoms with Crippen molar-refractivity contribution in [3.05, 3.63) is 83.3 Å². The molecule has 182 valence electrons. The summed E-state index contributed by atoms with van der Waals surface area (Å²) in [5.41, 5.74) is 1.08. The zero-order chi connectivity index (χ0) is 25.2. The molecule has 3 rings (SSSR count). The number of ether oxygens (including phenoxy) is 1. The van der Waals surface area contributed by atoms with Crippen LogP contribution >= 0.6 is 11.6 Å². The van der Waals surface area contributed by atoms with Crippen molar-refractivity contribution in [3.8, 4) is 5.75 Å². The van der Waals surface area contributed by atoms with E-state index in [4.69, 9.17) is 16.3 Å². The molecule has 0 bridgehead atoms. The molecule has 0 fully saturated rings. The first kappa shape index (κ1) is 25.6.